The Bertz CT molecular complexity index is 557. The number of allylic oxidation sites excluding steroid dienone is 3. The standard InChI is InChI=1S/C14H17N3O2S/c1-3-4-5-11(14(18)19)13-7-16-12(8-17(13)2)10(6-15)9-20/h4-9H,3,15H2,1-2H3,(H,18,19)/b5-4-,10-6+,13-11+. The summed E-state index contributed by atoms with van der Waals surface area (Å²) >= 11 is 4.85. The number of rotatable bonds is 5. The third kappa shape index (κ3) is 3.64. The maximum Gasteiger partial charge on any atom is 0.337 e. The van der Waals surface area contributed by atoms with Crippen molar-refractivity contribution >= 4 is 29.8 Å². The van der Waals surface area contributed by atoms with E-state index in [1.807, 2.05) is 6.92 Å². The largest absolute Gasteiger partial charge is 0.478 e. The van der Waals surface area contributed by atoms with Crippen molar-refractivity contribution in [1.82, 2.24) is 4.90 Å². The molecule has 20 heavy (non-hydrogen) atoms. The Hall–Kier alpha value is -2.21. The summed E-state index contributed by atoms with van der Waals surface area (Å²) in [5.41, 5.74) is 7.36. The number of carbonyl (C=O) groups is 1. The molecule has 1 heterocycles. The molecule has 0 atom stereocenters. The number of hydrogen-bond donors (Lipinski definition) is 2. The van der Waals surface area contributed by atoms with Crippen LogP contribution < -0.4 is 5.73 Å². The highest BCUT2D eigenvalue weighted by atomic mass is 32.1. The minimum atomic E-state index is -0.996. The van der Waals surface area contributed by atoms with E-state index >= 15 is 0 Å². The van der Waals surface area contributed by atoms with Crippen LogP contribution in [0.15, 0.2) is 52.1 Å². The van der Waals surface area contributed by atoms with Crippen LogP contribution >= 0.6 is 12.2 Å². The quantitative estimate of drug-likeness (QED) is 0.598. The Kier molecular flexibility index (Phi) is 5.86. The molecule has 0 aliphatic carbocycles. The minimum Gasteiger partial charge on any atom is -0.478 e. The Morgan fingerprint density at radius 1 is 1.60 bits per heavy atom. The molecule has 1 aliphatic heterocycles. The molecule has 5 nitrogen and oxygen atoms in total. The van der Waals surface area contributed by atoms with Gasteiger partial charge in [0.25, 0.3) is 0 Å². The number of nitrogens with two attached hydrogens (primary N) is 1. The molecule has 0 fully saturated rings. The van der Waals surface area contributed by atoms with Crippen LogP contribution in [0.2, 0.25) is 0 Å². The fourth-order valence-electron chi connectivity index (χ4n) is 1.60. The summed E-state index contributed by atoms with van der Waals surface area (Å²) in [4.78, 5) is 17.2. The summed E-state index contributed by atoms with van der Waals surface area (Å²) in [7, 11) is 1.75. The number of carboxylic acid groups (broad SMARTS) is 1. The zero-order valence-electron chi connectivity index (χ0n) is 11.4. The van der Waals surface area contributed by atoms with Crippen LogP contribution in [-0.4, -0.2) is 34.6 Å². The number of thiocarbonyl (C=S) groups is 1. The van der Waals surface area contributed by atoms with E-state index in [0.717, 1.165) is 6.42 Å². The van der Waals surface area contributed by atoms with Crippen LogP contribution in [0.5, 0.6) is 0 Å². The van der Waals surface area contributed by atoms with Gasteiger partial charge >= 0.3 is 5.97 Å². The molecule has 106 valence electrons. The number of hydrogen-bond acceptors (Lipinski definition) is 5. The highest BCUT2D eigenvalue weighted by Crippen LogP contribution is 2.20. The fraction of sp³-hybridized carbons (Fsp3) is 0.214. The van der Waals surface area contributed by atoms with Crippen LogP contribution in [0.25, 0.3) is 0 Å². The van der Waals surface area contributed by atoms with Gasteiger partial charge < -0.3 is 15.7 Å². The van der Waals surface area contributed by atoms with Crippen molar-refractivity contribution < 1.29 is 9.90 Å². The third-order valence-electron chi connectivity index (χ3n) is 2.65. The van der Waals surface area contributed by atoms with E-state index in [-0.39, 0.29) is 5.57 Å². The van der Waals surface area contributed by atoms with Gasteiger partial charge in [-0.15, -0.1) is 0 Å². The van der Waals surface area contributed by atoms with Gasteiger partial charge in [-0.1, -0.05) is 25.2 Å². The molecule has 0 aromatic rings. The molecule has 0 aromatic carbocycles. The number of aliphatic carboxylic acids is 1. The van der Waals surface area contributed by atoms with Crippen LogP contribution in [0, 0.1) is 0 Å². The first-order chi connectivity index (χ1) is 9.54. The number of carboxylic acids is 1. The molecule has 1 aliphatic rings. The van der Waals surface area contributed by atoms with E-state index in [9.17, 15) is 9.90 Å². The first-order valence-electron chi connectivity index (χ1n) is 6.05. The maximum atomic E-state index is 11.3. The SMILES string of the molecule is CC/C=C\C(C(=O)O)=C1\C=NC(/C(C=S)=C/N)=CN1C. The van der Waals surface area contributed by atoms with Crippen LogP contribution in [0.3, 0.4) is 0 Å². The van der Waals surface area contributed by atoms with Gasteiger partial charge in [0.05, 0.1) is 23.2 Å². The maximum absolute atomic E-state index is 11.3. The van der Waals surface area contributed by atoms with Crippen molar-refractivity contribution in [2.24, 2.45) is 10.7 Å². The summed E-state index contributed by atoms with van der Waals surface area (Å²) < 4.78 is 0. The molecule has 0 spiro atoms. The lowest BCUT2D eigenvalue weighted by molar-refractivity contribution is -0.132. The smallest absolute Gasteiger partial charge is 0.337 e. The molecular formula is C14H17N3O2S. The van der Waals surface area contributed by atoms with E-state index in [2.05, 4.69) is 4.99 Å². The van der Waals surface area contributed by atoms with Gasteiger partial charge in [0, 0.05) is 30.4 Å². The van der Waals surface area contributed by atoms with E-state index < -0.39 is 5.97 Å². The van der Waals surface area contributed by atoms with Crippen molar-refractivity contribution in [2.45, 2.75) is 13.3 Å². The van der Waals surface area contributed by atoms with Gasteiger partial charge in [0.2, 0.25) is 0 Å². The van der Waals surface area contributed by atoms with Crippen molar-refractivity contribution in [3.63, 3.8) is 0 Å². The zero-order chi connectivity index (χ0) is 15.1. The first kappa shape index (κ1) is 15.8. The van der Waals surface area contributed by atoms with Crippen LogP contribution in [0.4, 0.5) is 0 Å². The van der Waals surface area contributed by atoms with Crippen LogP contribution in [0.1, 0.15) is 13.3 Å². The van der Waals surface area contributed by atoms with Gasteiger partial charge in [-0.05, 0) is 12.5 Å². The van der Waals surface area contributed by atoms with E-state index in [4.69, 9.17) is 18.0 Å². The third-order valence-corrected chi connectivity index (χ3v) is 2.90. The molecule has 0 bridgehead atoms. The Morgan fingerprint density at radius 3 is 2.75 bits per heavy atom. The molecule has 0 saturated carbocycles. The van der Waals surface area contributed by atoms with Crippen molar-refractivity contribution in [1.29, 1.82) is 0 Å². The molecule has 0 radical (unpaired) electrons. The molecular weight excluding hydrogens is 274 g/mol. The normalized spacial score (nSPS) is 18.2. The van der Waals surface area contributed by atoms with Gasteiger partial charge in [0.15, 0.2) is 0 Å². The first-order valence-corrected chi connectivity index (χ1v) is 6.52. The van der Waals surface area contributed by atoms with E-state index in [0.29, 0.717) is 17.0 Å². The highest BCUT2D eigenvalue weighted by molar-refractivity contribution is 7.79. The Morgan fingerprint density at radius 2 is 2.30 bits per heavy atom. The summed E-state index contributed by atoms with van der Waals surface area (Å²) in [5, 5.41) is 10.7. The Balaban J connectivity index is 3.21. The molecule has 0 saturated heterocycles. The lowest BCUT2D eigenvalue weighted by Gasteiger charge is -2.22. The van der Waals surface area contributed by atoms with Gasteiger partial charge in [0.1, 0.15) is 0 Å². The second kappa shape index (κ2) is 7.40. The Labute approximate surface area is 123 Å². The molecule has 0 aromatic heterocycles. The molecule has 1 rings (SSSR count). The second-order valence-electron chi connectivity index (χ2n) is 4.04. The van der Waals surface area contributed by atoms with Crippen molar-refractivity contribution in [3.05, 3.63) is 47.1 Å². The fourth-order valence-corrected chi connectivity index (χ4v) is 1.80. The molecule has 6 heteroatoms. The lowest BCUT2D eigenvalue weighted by atomic mass is 10.1. The van der Waals surface area contributed by atoms with Gasteiger partial charge in [-0.25, -0.2) is 4.79 Å². The predicted octanol–water partition coefficient (Wildman–Crippen LogP) is 1.99. The van der Waals surface area contributed by atoms with Crippen molar-refractivity contribution in [2.75, 3.05) is 7.05 Å². The van der Waals surface area contributed by atoms with Gasteiger partial charge in [-0.3, -0.25) is 4.99 Å². The summed E-state index contributed by atoms with van der Waals surface area (Å²) in [6.07, 6.45) is 8.70. The highest BCUT2D eigenvalue weighted by Gasteiger charge is 2.17. The van der Waals surface area contributed by atoms with Crippen LogP contribution in [-0.2, 0) is 4.79 Å². The summed E-state index contributed by atoms with van der Waals surface area (Å²) in [6, 6.07) is 0. The minimum absolute atomic E-state index is 0.189. The molecule has 0 unspecified atom stereocenters. The lowest BCUT2D eigenvalue weighted by Crippen LogP contribution is -2.21. The predicted molar refractivity (Wildman–Crippen MR) is 84.4 cm³/mol. The van der Waals surface area contributed by atoms with E-state index in [1.165, 1.54) is 17.8 Å². The monoisotopic (exact) mass is 291 g/mol. The average molecular weight is 291 g/mol. The zero-order valence-corrected chi connectivity index (χ0v) is 12.2. The summed E-state index contributed by atoms with van der Waals surface area (Å²) in [5.74, 6) is -0.996. The second-order valence-corrected chi connectivity index (χ2v) is 4.27. The molecule has 3 N–H and O–H groups in total. The van der Waals surface area contributed by atoms with E-state index in [1.54, 1.807) is 30.3 Å². The van der Waals surface area contributed by atoms with Crippen molar-refractivity contribution in [3.8, 4) is 0 Å². The summed E-state index contributed by atoms with van der Waals surface area (Å²) in [6.45, 7) is 1.94. The molecule has 0 amide bonds. The number of nitrogens with zero attached hydrogens (tertiary/aromatic N) is 2. The average Bonchev–Trinajstić information content (AvgIpc) is 2.42. The topological polar surface area (TPSA) is 78.9 Å². The number of aliphatic imine (C=N–C) groups is 1. The van der Waals surface area contributed by atoms with Gasteiger partial charge in [-0.2, -0.15) is 0 Å².